The molecule has 1 aliphatic heterocycles. The van der Waals surface area contributed by atoms with Gasteiger partial charge in [0.2, 0.25) is 6.79 Å². The Kier molecular flexibility index (Phi) is 4.93. The summed E-state index contributed by atoms with van der Waals surface area (Å²) in [6.07, 6.45) is 0. The Morgan fingerprint density at radius 1 is 1.07 bits per heavy atom. The number of hydrogen-bond acceptors (Lipinski definition) is 5. The Hall–Kier alpha value is -3.06. The van der Waals surface area contributed by atoms with Crippen LogP contribution in [0.3, 0.4) is 0 Å². The zero-order chi connectivity index (χ0) is 18.6. The van der Waals surface area contributed by atoms with Crippen LogP contribution < -0.4 is 19.5 Å². The number of rotatable bonds is 6. The number of carbonyl (C=O) groups excluding carboxylic acids is 1. The number of nitrogens with one attached hydrogen (secondary N) is 1. The summed E-state index contributed by atoms with van der Waals surface area (Å²) < 4.78 is 29.2. The molecule has 0 fully saturated rings. The lowest BCUT2D eigenvalue weighted by molar-refractivity contribution is 0.0955. The molecular formula is C20H16FNO4S. The smallest absolute Gasteiger partial charge is 0.261 e. The van der Waals surface area contributed by atoms with E-state index in [1.165, 1.54) is 23.5 Å². The van der Waals surface area contributed by atoms with E-state index >= 15 is 0 Å². The molecule has 7 heteroatoms. The molecule has 2 heterocycles. The number of thiophene rings is 1. The molecule has 1 amide bonds. The zero-order valence-corrected chi connectivity index (χ0v) is 15.1. The monoisotopic (exact) mass is 385 g/mol. The molecule has 5 nitrogen and oxygen atoms in total. The van der Waals surface area contributed by atoms with Crippen molar-refractivity contribution in [2.45, 2.75) is 13.2 Å². The lowest BCUT2D eigenvalue weighted by Crippen LogP contribution is -2.21. The third-order valence-electron chi connectivity index (χ3n) is 3.99. The van der Waals surface area contributed by atoms with Crippen LogP contribution in [0.25, 0.3) is 0 Å². The second-order valence-corrected chi connectivity index (χ2v) is 6.84. The summed E-state index contributed by atoms with van der Waals surface area (Å²) in [5, 5.41) is 4.72. The summed E-state index contributed by atoms with van der Waals surface area (Å²) in [6, 6.07) is 13.2. The molecule has 138 valence electrons. The van der Waals surface area contributed by atoms with Crippen LogP contribution in [0.2, 0.25) is 0 Å². The SMILES string of the molecule is O=C(NCc1ccc(F)cc1)c1cc(COc2ccc3c(c2)OCO3)cs1. The van der Waals surface area contributed by atoms with Gasteiger partial charge in [0.1, 0.15) is 18.2 Å². The largest absolute Gasteiger partial charge is 0.489 e. The summed E-state index contributed by atoms with van der Waals surface area (Å²) >= 11 is 1.35. The number of halogens is 1. The van der Waals surface area contributed by atoms with Crippen LogP contribution in [0.4, 0.5) is 4.39 Å². The third kappa shape index (κ3) is 4.20. The minimum atomic E-state index is -0.296. The summed E-state index contributed by atoms with van der Waals surface area (Å²) in [5.74, 6) is 1.58. The average Bonchev–Trinajstić information content (AvgIpc) is 3.34. The molecule has 27 heavy (non-hydrogen) atoms. The van der Waals surface area contributed by atoms with Crippen molar-refractivity contribution >= 4 is 17.2 Å². The van der Waals surface area contributed by atoms with Gasteiger partial charge in [-0.25, -0.2) is 4.39 Å². The Morgan fingerprint density at radius 2 is 1.89 bits per heavy atom. The molecule has 0 saturated carbocycles. The quantitative estimate of drug-likeness (QED) is 0.693. The summed E-state index contributed by atoms with van der Waals surface area (Å²) in [5.41, 5.74) is 1.75. The maximum Gasteiger partial charge on any atom is 0.261 e. The van der Waals surface area contributed by atoms with Gasteiger partial charge in [0.05, 0.1) is 4.88 Å². The molecule has 1 N–H and O–H groups in total. The number of amides is 1. The predicted molar refractivity (Wildman–Crippen MR) is 98.8 cm³/mol. The van der Waals surface area contributed by atoms with E-state index in [2.05, 4.69) is 5.32 Å². The Bertz CT molecular complexity index is 955. The highest BCUT2D eigenvalue weighted by Gasteiger charge is 2.14. The molecule has 3 aromatic rings. The number of ether oxygens (including phenoxy) is 3. The predicted octanol–water partition coefficient (Wildman–Crippen LogP) is 4.12. The van der Waals surface area contributed by atoms with E-state index in [9.17, 15) is 9.18 Å². The minimum Gasteiger partial charge on any atom is -0.489 e. The van der Waals surface area contributed by atoms with Crippen molar-refractivity contribution in [3.05, 3.63) is 75.7 Å². The molecule has 0 saturated heterocycles. The van der Waals surface area contributed by atoms with Crippen molar-refractivity contribution in [2.24, 2.45) is 0 Å². The van der Waals surface area contributed by atoms with Crippen LogP contribution in [0, 0.1) is 5.82 Å². The molecule has 0 atom stereocenters. The molecule has 4 rings (SSSR count). The van der Waals surface area contributed by atoms with E-state index in [-0.39, 0.29) is 18.5 Å². The standard InChI is InChI=1S/C20H16FNO4S/c21-15-3-1-13(2-4-15)9-22-20(23)19-7-14(11-27-19)10-24-16-5-6-17-18(8-16)26-12-25-17/h1-8,11H,9-10,12H2,(H,22,23). The van der Waals surface area contributed by atoms with E-state index in [1.807, 2.05) is 11.4 Å². The molecule has 0 radical (unpaired) electrons. The van der Waals surface area contributed by atoms with E-state index in [0.717, 1.165) is 11.1 Å². The van der Waals surface area contributed by atoms with E-state index in [4.69, 9.17) is 14.2 Å². The number of fused-ring (bicyclic) bond motifs is 1. The molecule has 2 aromatic carbocycles. The van der Waals surface area contributed by atoms with Gasteiger partial charge in [0, 0.05) is 18.2 Å². The van der Waals surface area contributed by atoms with Crippen LogP contribution in [0.1, 0.15) is 20.8 Å². The normalized spacial score (nSPS) is 12.0. The third-order valence-corrected chi connectivity index (χ3v) is 4.97. The first-order chi connectivity index (χ1) is 13.2. The number of carbonyl (C=O) groups is 1. The van der Waals surface area contributed by atoms with Crippen LogP contribution in [-0.2, 0) is 13.2 Å². The first kappa shape index (κ1) is 17.4. The van der Waals surface area contributed by atoms with Gasteiger partial charge in [0.15, 0.2) is 11.5 Å². The fraction of sp³-hybridized carbons (Fsp3) is 0.150. The highest BCUT2D eigenvalue weighted by Crippen LogP contribution is 2.35. The van der Waals surface area contributed by atoms with Crippen molar-refractivity contribution < 1.29 is 23.4 Å². The lowest BCUT2D eigenvalue weighted by Gasteiger charge is -2.05. The van der Waals surface area contributed by atoms with E-state index in [0.29, 0.717) is 35.3 Å². The van der Waals surface area contributed by atoms with E-state index < -0.39 is 0 Å². The van der Waals surface area contributed by atoms with Gasteiger partial charge in [-0.15, -0.1) is 11.3 Å². The van der Waals surface area contributed by atoms with Gasteiger partial charge in [-0.1, -0.05) is 12.1 Å². The summed E-state index contributed by atoms with van der Waals surface area (Å²) in [4.78, 5) is 12.9. The molecular weight excluding hydrogens is 369 g/mol. The van der Waals surface area contributed by atoms with Crippen LogP contribution in [0.15, 0.2) is 53.9 Å². The molecule has 0 aliphatic carbocycles. The van der Waals surface area contributed by atoms with Crippen molar-refractivity contribution in [3.63, 3.8) is 0 Å². The molecule has 1 aromatic heterocycles. The first-order valence-corrected chi connectivity index (χ1v) is 9.18. The van der Waals surface area contributed by atoms with Crippen LogP contribution in [-0.4, -0.2) is 12.7 Å². The van der Waals surface area contributed by atoms with Crippen molar-refractivity contribution in [2.75, 3.05) is 6.79 Å². The number of benzene rings is 2. The van der Waals surface area contributed by atoms with Crippen molar-refractivity contribution in [1.29, 1.82) is 0 Å². The second-order valence-electron chi connectivity index (χ2n) is 5.93. The summed E-state index contributed by atoms with van der Waals surface area (Å²) in [7, 11) is 0. The number of hydrogen-bond donors (Lipinski definition) is 1. The highest BCUT2D eigenvalue weighted by molar-refractivity contribution is 7.12. The Morgan fingerprint density at radius 3 is 2.74 bits per heavy atom. The zero-order valence-electron chi connectivity index (χ0n) is 14.2. The Balaban J connectivity index is 1.31. The summed E-state index contributed by atoms with van der Waals surface area (Å²) in [6.45, 7) is 0.918. The van der Waals surface area contributed by atoms with Crippen LogP contribution >= 0.6 is 11.3 Å². The highest BCUT2D eigenvalue weighted by atomic mass is 32.1. The fourth-order valence-corrected chi connectivity index (χ4v) is 3.39. The van der Waals surface area contributed by atoms with Gasteiger partial charge in [0.25, 0.3) is 5.91 Å². The fourth-order valence-electron chi connectivity index (χ4n) is 2.58. The van der Waals surface area contributed by atoms with Gasteiger partial charge in [-0.3, -0.25) is 4.79 Å². The topological polar surface area (TPSA) is 56.8 Å². The molecule has 1 aliphatic rings. The van der Waals surface area contributed by atoms with Gasteiger partial charge in [-0.05, 0) is 41.3 Å². The van der Waals surface area contributed by atoms with E-state index in [1.54, 1.807) is 30.3 Å². The van der Waals surface area contributed by atoms with Gasteiger partial charge >= 0.3 is 0 Å². The maximum atomic E-state index is 12.9. The van der Waals surface area contributed by atoms with Crippen molar-refractivity contribution in [3.8, 4) is 17.2 Å². The molecule has 0 unspecified atom stereocenters. The average molecular weight is 385 g/mol. The minimum absolute atomic E-state index is 0.168. The molecule has 0 spiro atoms. The van der Waals surface area contributed by atoms with Crippen LogP contribution in [0.5, 0.6) is 17.2 Å². The molecule has 0 bridgehead atoms. The lowest BCUT2D eigenvalue weighted by atomic mass is 10.2. The Labute approximate surface area is 159 Å². The first-order valence-electron chi connectivity index (χ1n) is 8.30. The maximum absolute atomic E-state index is 12.9. The van der Waals surface area contributed by atoms with Crippen molar-refractivity contribution in [1.82, 2.24) is 5.32 Å². The second kappa shape index (κ2) is 7.67. The van der Waals surface area contributed by atoms with Gasteiger partial charge in [-0.2, -0.15) is 0 Å². The van der Waals surface area contributed by atoms with Gasteiger partial charge < -0.3 is 19.5 Å².